The van der Waals surface area contributed by atoms with E-state index in [0.29, 0.717) is 9.63 Å². The molecule has 0 unspecified atom stereocenters. The van der Waals surface area contributed by atoms with Gasteiger partial charge in [0.25, 0.3) is 0 Å². The van der Waals surface area contributed by atoms with Crippen LogP contribution in [0.5, 0.6) is 0 Å². The fourth-order valence-corrected chi connectivity index (χ4v) is 1.04. The average Bonchev–Trinajstić information content (AvgIpc) is 1.95. The summed E-state index contributed by atoms with van der Waals surface area (Å²) in [5, 5.41) is 0.399. The van der Waals surface area contributed by atoms with Gasteiger partial charge in [-0.05, 0) is 22.0 Å². The molecule has 3 N–H and O–H groups in total. The van der Waals surface area contributed by atoms with Gasteiger partial charge in [0.05, 0.1) is 10.2 Å². The van der Waals surface area contributed by atoms with Crippen LogP contribution in [0.25, 0.3) is 0 Å². The van der Waals surface area contributed by atoms with Crippen LogP contribution in [0.15, 0.2) is 16.7 Å². The Morgan fingerprint density at radius 2 is 2.40 bits per heavy atom. The van der Waals surface area contributed by atoms with Crippen LogP contribution in [0.1, 0.15) is 0 Å². The monoisotopic (exact) mass is 221 g/mol. The van der Waals surface area contributed by atoms with Gasteiger partial charge in [0.15, 0.2) is 0 Å². The number of rotatable bonds is 1. The normalized spacial score (nSPS) is 9.50. The first-order valence-corrected chi connectivity index (χ1v) is 3.69. The van der Waals surface area contributed by atoms with Gasteiger partial charge in [-0.1, -0.05) is 11.6 Å². The van der Waals surface area contributed by atoms with Gasteiger partial charge < -0.3 is 5.43 Å². The van der Waals surface area contributed by atoms with E-state index < -0.39 is 0 Å². The van der Waals surface area contributed by atoms with Crippen molar-refractivity contribution in [2.24, 2.45) is 5.84 Å². The molecule has 0 aliphatic carbocycles. The molecule has 1 rings (SSSR count). The third-order valence-corrected chi connectivity index (χ3v) is 2.32. The smallest absolute Gasteiger partial charge is 0.145 e. The molecule has 54 valence electrons. The summed E-state index contributed by atoms with van der Waals surface area (Å²) in [5.41, 5.74) is 3.19. The second kappa shape index (κ2) is 3.18. The summed E-state index contributed by atoms with van der Waals surface area (Å²) in [5.74, 6) is 5.15. The second-order valence-corrected chi connectivity index (χ2v) is 2.76. The maximum absolute atomic E-state index is 5.64. The number of hydrogen-bond acceptors (Lipinski definition) is 3. The van der Waals surface area contributed by atoms with Gasteiger partial charge in [0.2, 0.25) is 0 Å². The van der Waals surface area contributed by atoms with Crippen LogP contribution in [0.4, 0.5) is 5.69 Å². The molecular formula is C5H5BrClN3. The Kier molecular flexibility index (Phi) is 2.48. The lowest BCUT2D eigenvalue weighted by Crippen LogP contribution is -2.07. The Morgan fingerprint density at radius 1 is 1.70 bits per heavy atom. The highest BCUT2D eigenvalue weighted by Crippen LogP contribution is 2.26. The maximum atomic E-state index is 5.64. The molecule has 1 aromatic heterocycles. The number of halogens is 2. The minimum Gasteiger partial charge on any atom is -0.323 e. The number of hydrazine groups is 1. The van der Waals surface area contributed by atoms with Crippen LogP contribution in [0.3, 0.4) is 0 Å². The van der Waals surface area contributed by atoms with E-state index in [1.165, 1.54) is 0 Å². The first-order valence-electron chi connectivity index (χ1n) is 2.52. The van der Waals surface area contributed by atoms with E-state index in [9.17, 15) is 0 Å². The molecule has 0 spiro atoms. The summed E-state index contributed by atoms with van der Waals surface area (Å²) in [4.78, 5) is 3.81. The molecule has 0 amide bonds. The van der Waals surface area contributed by atoms with E-state index in [4.69, 9.17) is 17.4 Å². The summed E-state index contributed by atoms with van der Waals surface area (Å²) in [6, 6.07) is 1.72. The number of nitrogens with zero attached hydrogens (tertiary/aromatic N) is 1. The molecule has 0 atom stereocenters. The number of nitrogens with one attached hydrogen (secondary N) is 1. The van der Waals surface area contributed by atoms with Gasteiger partial charge in [0.1, 0.15) is 5.15 Å². The molecule has 0 aliphatic rings. The molecular weight excluding hydrogens is 217 g/mol. The van der Waals surface area contributed by atoms with Crippen molar-refractivity contribution in [2.45, 2.75) is 0 Å². The number of hydrogen-bond donors (Lipinski definition) is 2. The molecule has 0 fully saturated rings. The van der Waals surface area contributed by atoms with Crippen molar-refractivity contribution in [1.82, 2.24) is 4.98 Å². The quantitative estimate of drug-likeness (QED) is 0.433. The lowest BCUT2D eigenvalue weighted by atomic mass is 10.4. The Hall–Kier alpha value is -0.320. The molecule has 10 heavy (non-hydrogen) atoms. The van der Waals surface area contributed by atoms with Gasteiger partial charge in [0, 0.05) is 6.20 Å². The van der Waals surface area contributed by atoms with Crippen molar-refractivity contribution in [2.75, 3.05) is 5.43 Å². The molecule has 0 aliphatic heterocycles. The van der Waals surface area contributed by atoms with Gasteiger partial charge in [-0.2, -0.15) is 0 Å². The minimum atomic E-state index is 0.399. The van der Waals surface area contributed by atoms with Crippen molar-refractivity contribution >= 4 is 33.2 Å². The van der Waals surface area contributed by atoms with Crippen LogP contribution in [0.2, 0.25) is 5.15 Å². The average molecular weight is 222 g/mol. The SMILES string of the molecule is NNc1ccnc(Cl)c1Br. The summed E-state index contributed by atoms with van der Waals surface area (Å²) >= 11 is 8.84. The fraction of sp³-hybridized carbons (Fsp3) is 0. The predicted octanol–water partition coefficient (Wildman–Crippen LogP) is 1.78. The molecule has 3 nitrogen and oxygen atoms in total. The Morgan fingerprint density at radius 3 is 2.90 bits per heavy atom. The van der Waals surface area contributed by atoms with E-state index in [1.807, 2.05) is 0 Å². The number of aromatic nitrogens is 1. The summed E-state index contributed by atoms with van der Waals surface area (Å²) in [6.45, 7) is 0. The largest absolute Gasteiger partial charge is 0.323 e. The van der Waals surface area contributed by atoms with Crippen molar-refractivity contribution < 1.29 is 0 Å². The van der Waals surface area contributed by atoms with Crippen LogP contribution in [-0.4, -0.2) is 4.98 Å². The second-order valence-electron chi connectivity index (χ2n) is 1.61. The minimum absolute atomic E-state index is 0.399. The van der Waals surface area contributed by atoms with Crippen LogP contribution < -0.4 is 11.3 Å². The molecule has 0 bridgehead atoms. The van der Waals surface area contributed by atoms with Crippen molar-refractivity contribution in [1.29, 1.82) is 0 Å². The summed E-state index contributed by atoms with van der Waals surface area (Å²) in [7, 11) is 0. The van der Waals surface area contributed by atoms with E-state index in [1.54, 1.807) is 12.3 Å². The maximum Gasteiger partial charge on any atom is 0.145 e. The fourth-order valence-electron chi connectivity index (χ4n) is 0.530. The van der Waals surface area contributed by atoms with Gasteiger partial charge in [-0.3, -0.25) is 5.84 Å². The molecule has 0 radical (unpaired) electrons. The highest BCUT2D eigenvalue weighted by molar-refractivity contribution is 9.10. The Balaban J connectivity index is 3.14. The van der Waals surface area contributed by atoms with E-state index in [2.05, 4.69) is 26.3 Å². The zero-order chi connectivity index (χ0) is 7.56. The first kappa shape index (κ1) is 7.78. The summed E-state index contributed by atoms with van der Waals surface area (Å²) < 4.78 is 0.680. The van der Waals surface area contributed by atoms with Crippen molar-refractivity contribution in [3.05, 3.63) is 21.9 Å². The summed E-state index contributed by atoms with van der Waals surface area (Å²) in [6.07, 6.45) is 1.57. The highest BCUT2D eigenvalue weighted by atomic mass is 79.9. The lowest BCUT2D eigenvalue weighted by Gasteiger charge is -2.01. The third kappa shape index (κ3) is 1.39. The number of nitrogen functional groups attached to an aromatic ring is 1. The first-order chi connectivity index (χ1) is 4.75. The number of pyridine rings is 1. The molecule has 0 aromatic carbocycles. The molecule has 0 saturated carbocycles. The zero-order valence-electron chi connectivity index (χ0n) is 4.94. The molecule has 0 saturated heterocycles. The molecule has 1 aromatic rings. The topological polar surface area (TPSA) is 50.9 Å². The Labute approximate surface area is 71.7 Å². The predicted molar refractivity (Wildman–Crippen MR) is 44.8 cm³/mol. The van der Waals surface area contributed by atoms with Gasteiger partial charge in [-0.25, -0.2) is 4.98 Å². The standard InChI is InChI=1S/C5H5BrClN3/c6-4-3(10-8)1-2-9-5(4)7/h1-2H,8H2,(H,9,10). The van der Waals surface area contributed by atoms with E-state index >= 15 is 0 Å². The number of nitrogens with two attached hydrogens (primary N) is 1. The van der Waals surface area contributed by atoms with E-state index in [0.717, 1.165) is 5.69 Å². The zero-order valence-corrected chi connectivity index (χ0v) is 7.28. The third-order valence-electron chi connectivity index (χ3n) is 1.00. The van der Waals surface area contributed by atoms with Crippen LogP contribution in [0, 0.1) is 0 Å². The lowest BCUT2D eigenvalue weighted by molar-refractivity contribution is 1.26. The van der Waals surface area contributed by atoms with Crippen molar-refractivity contribution in [3.63, 3.8) is 0 Å². The highest BCUT2D eigenvalue weighted by Gasteiger charge is 2.01. The van der Waals surface area contributed by atoms with Gasteiger partial charge in [-0.15, -0.1) is 0 Å². The molecule has 5 heteroatoms. The van der Waals surface area contributed by atoms with Crippen LogP contribution in [-0.2, 0) is 0 Å². The number of anilines is 1. The Bertz CT molecular complexity index is 240. The van der Waals surface area contributed by atoms with Crippen molar-refractivity contribution in [3.8, 4) is 0 Å². The van der Waals surface area contributed by atoms with E-state index in [-0.39, 0.29) is 0 Å². The van der Waals surface area contributed by atoms with Crippen LogP contribution >= 0.6 is 27.5 Å². The van der Waals surface area contributed by atoms with Gasteiger partial charge >= 0.3 is 0 Å². The molecule has 1 heterocycles.